The first-order valence-corrected chi connectivity index (χ1v) is 5.09. The van der Waals surface area contributed by atoms with Crippen LogP contribution in [0.5, 0.6) is 11.5 Å². The van der Waals surface area contributed by atoms with Gasteiger partial charge >= 0.3 is 0 Å². The maximum absolute atomic E-state index is 5.41. The van der Waals surface area contributed by atoms with Crippen molar-refractivity contribution in [1.82, 2.24) is 5.32 Å². The lowest BCUT2D eigenvalue weighted by atomic mass is 10.1. The van der Waals surface area contributed by atoms with Crippen LogP contribution in [0.1, 0.15) is 11.1 Å². The van der Waals surface area contributed by atoms with Crippen LogP contribution in [-0.2, 0) is 6.42 Å². The summed E-state index contributed by atoms with van der Waals surface area (Å²) in [4.78, 5) is 0. The van der Waals surface area contributed by atoms with Gasteiger partial charge in [0.2, 0.25) is 0 Å². The molecule has 0 amide bonds. The molecule has 3 nitrogen and oxygen atoms in total. The molecule has 15 heavy (non-hydrogen) atoms. The van der Waals surface area contributed by atoms with Gasteiger partial charge in [-0.15, -0.1) is 0 Å². The third-order valence-electron chi connectivity index (χ3n) is 2.51. The summed E-state index contributed by atoms with van der Waals surface area (Å²) in [7, 11) is 5.32. The molecule has 0 aromatic heterocycles. The zero-order chi connectivity index (χ0) is 11.3. The quantitative estimate of drug-likeness (QED) is 0.801. The van der Waals surface area contributed by atoms with E-state index in [1.165, 1.54) is 5.56 Å². The van der Waals surface area contributed by atoms with Crippen molar-refractivity contribution < 1.29 is 9.47 Å². The van der Waals surface area contributed by atoms with Gasteiger partial charge in [0.05, 0.1) is 14.2 Å². The highest BCUT2D eigenvalue weighted by Gasteiger charge is 2.10. The van der Waals surface area contributed by atoms with Gasteiger partial charge in [0, 0.05) is 5.56 Å². The molecule has 0 fully saturated rings. The van der Waals surface area contributed by atoms with Gasteiger partial charge in [0.15, 0.2) is 0 Å². The molecule has 0 atom stereocenters. The minimum atomic E-state index is 0.875. The molecular formula is C12H19NO2. The lowest BCUT2D eigenvalue weighted by Gasteiger charge is -2.14. The van der Waals surface area contributed by atoms with Crippen LogP contribution in [-0.4, -0.2) is 27.8 Å². The number of hydrogen-bond donors (Lipinski definition) is 1. The molecule has 0 spiro atoms. The van der Waals surface area contributed by atoms with Crippen molar-refractivity contribution in [3.8, 4) is 11.5 Å². The highest BCUT2D eigenvalue weighted by atomic mass is 16.5. The van der Waals surface area contributed by atoms with Crippen LogP contribution >= 0.6 is 0 Å². The zero-order valence-corrected chi connectivity index (χ0v) is 9.89. The number of ether oxygens (including phenoxy) is 2. The Morgan fingerprint density at radius 1 is 1.20 bits per heavy atom. The van der Waals surface area contributed by atoms with Crippen LogP contribution in [0.2, 0.25) is 0 Å². The van der Waals surface area contributed by atoms with E-state index in [9.17, 15) is 0 Å². The molecule has 0 aliphatic rings. The largest absolute Gasteiger partial charge is 0.496 e. The van der Waals surface area contributed by atoms with Crippen LogP contribution in [0, 0.1) is 6.92 Å². The maximum atomic E-state index is 5.41. The average molecular weight is 209 g/mol. The summed E-state index contributed by atoms with van der Waals surface area (Å²) in [5.74, 6) is 1.81. The number of hydrogen-bond acceptors (Lipinski definition) is 3. The summed E-state index contributed by atoms with van der Waals surface area (Å²) in [5, 5.41) is 3.13. The molecule has 3 heteroatoms. The Balaban J connectivity index is 3.01. The van der Waals surface area contributed by atoms with E-state index in [4.69, 9.17) is 9.47 Å². The fourth-order valence-electron chi connectivity index (χ4n) is 1.69. The van der Waals surface area contributed by atoms with E-state index < -0.39 is 0 Å². The molecule has 0 radical (unpaired) electrons. The number of methoxy groups -OCH3 is 2. The van der Waals surface area contributed by atoms with E-state index in [1.54, 1.807) is 14.2 Å². The molecular weight excluding hydrogens is 190 g/mol. The topological polar surface area (TPSA) is 30.5 Å². The molecule has 1 N–H and O–H groups in total. The van der Waals surface area contributed by atoms with Crippen LogP contribution in [0.4, 0.5) is 0 Å². The van der Waals surface area contributed by atoms with E-state index >= 15 is 0 Å². The smallest absolute Gasteiger partial charge is 0.128 e. The van der Waals surface area contributed by atoms with Crippen LogP contribution in [0.25, 0.3) is 0 Å². The van der Waals surface area contributed by atoms with Gasteiger partial charge in [-0.3, -0.25) is 0 Å². The SMILES string of the molecule is CNCCc1ccc(OC)c(C)c1OC. The number of rotatable bonds is 5. The lowest BCUT2D eigenvalue weighted by Crippen LogP contribution is -2.11. The molecule has 1 aromatic carbocycles. The zero-order valence-electron chi connectivity index (χ0n) is 9.89. The molecule has 84 valence electrons. The van der Waals surface area contributed by atoms with Crippen molar-refractivity contribution in [2.45, 2.75) is 13.3 Å². The molecule has 0 aliphatic carbocycles. The van der Waals surface area contributed by atoms with Crippen LogP contribution in [0.3, 0.4) is 0 Å². The highest BCUT2D eigenvalue weighted by Crippen LogP contribution is 2.31. The molecule has 0 saturated carbocycles. The highest BCUT2D eigenvalue weighted by molar-refractivity contribution is 5.49. The normalized spacial score (nSPS) is 10.1. The number of benzene rings is 1. The minimum absolute atomic E-state index is 0.875. The Kier molecular flexibility index (Phi) is 4.43. The average Bonchev–Trinajstić information content (AvgIpc) is 2.26. The fraction of sp³-hybridized carbons (Fsp3) is 0.500. The Morgan fingerprint density at radius 2 is 1.93 bits per heavy atom. The Labute approximate surface area is 91.4 Å². The standard InChI is InChI=1S/C12H19NO2/c1-9-11(14-3)6-5-10(7-8-13-2)12(9)15-4/h5-6,13H,7-8H2,1-4H3. The van der Waals surface area contributed by atoms with E-state index in [2.05, 4.69) is 11.4 Å². The third-order valence-corrected chi connectivity index (χ3v) is 2.51. The maximum Gasteiger partial charge on any atom is 0.128 e. The summed E-state index contributed by atoms with van der Waals surface area (Å²) in [6.07, 6.45) is 0.963. The molecule has 1 aromatic rings. The lowest BCUT2D eigenvalue weighted by molar-refractivity contribution is 0.385. The van der Waals surface area contributed by atoms with Crippen molar-refractivity contribution in [3.63, 3.8) is 0 Å². The number of nitrogens with one attached hydrogen (secondary N) is 1. The molecule has 0 heterocycles. The summed E-state index contributed by atoms with van der Waals surface area (Å²) in [6.45, 7) is 2.96. The second-order valence-electron chi connectivity index (χ2n) is 3.44. The van der Waals surface area contributed by atoms with Gasteiger partial charge in [-0.05, 0) is 38.6 Å². The minimum Gasteiger partial charge on any atom is -0.496 e. The Bertz CT molecular complexity index is 324. The predicted octanol–water partition coefficient (Wildman–Crippen LogP) is 1.77. The van der Waals surface area contributed by atoms with Gasteiger partial charge in [0.25, 0.3) is 0 Å². The predicted molar refractivity (Wildman–Crippen MR) is 61.9 cm³/mol. The fourth-order valence-corrected chi connectivity index (χ4v) is 1.69. The molecule has 0 saturated heterocycles. The molecule has 0 bridgehead atoms. The van der Waals surface area contributed by atoms with Crippen LogP contribution in [0.15, 0.2) is 12.1 Å². The van der Waals surface area contributed by atoms with Crippen molar-refractivity contribution in [2.24, 2.45) is 0 Å². The van der Waals surface area contributed by atoms with E-state index in [0.717, 1.165) is 30.0 Å². The molecule has 1 rings (SSSR count). The van der Waals surface area contributed by atoms with E-state index in [-0.39, 0.29) is 0 Å². The van der Waals surface area contributed by atoms with Gasteiger partial charge in [-0.25, -0.2) is 0 Å². The second kappa shape index (κ2) is 5.61. The van der Waals surface area contributed by atoms with E-state index in [1.807, 2.05) is 20.0 Å². The third kappa shape index (κ3) is 2.63. The first-order chi connectivity index (χ1) is 7.24. The van der Waals surface area contributed by atoms with Crippen molar-refractivity contribution in [3.05, 3.63) is 23.3 Å². The summed E-state index contributed by atoms with van der Waals surface area (Å²) in [5.41, 5.74) is 2.28. The van der Waals surface area contributed by atoms with Crippen LogP contribution < -0.4 is 14.8 Å². The summed E-state index contributed by atoms with van der Waals surface area (Å²) in [6, 6.07) is 4.05. The molecule has 0 unspecified atom stereocenters. The van der Waals surface area contributed by atoms with Crippen molar-refractivity contribution in [2.75, 3.05) is 27.8 Å². The number of likely N-dealkylation sites (N-methyl/N-ethyl adjacent to an activating group) is 1. The Hall–Kier alpha value is -1.22. The van der Waals surface area contributed by atoms with Gasteiger partial charge in [-0.1, -0.05) is 6.07 Å². The van der Waals surface area contributed by atoms with E-state index in [0.29, 0.717) is 0 Å². The first-order valence-electron chi connectivity index (χ1n) is 5.09. The van der Waals surface area contributed by atoms with Crippen molar-refractivity contribution >= 4 is 0 Å². The van der Waals surface area contributed by atoms with Crippen molar-refractivity contribution in [1.29, 1.82) is 0 Å². The van der Waals surface area contributed by atoms with Gasteiger partial charge < -0.3 is 14.8 Å². The second-order valence-corrected chi connectivity index (χ2v) is 3.44. The Morgan fingerprint density at radius 3 is 2.47 bits per heavy atom. The van der Waals surface area contributed by atoms with Gasteiger partial charge in [-0.2, -0.15) is 0 Å². The summed E-state index contributed by atoms with van der Waals surface area (Å²) < 4.78 is 10.7. The van der Waals surface area contributed by atoms with Gasteiger partial charge in [0.1, 0.15) is 11.5 Å². The molecule has 0 aliphatic heterocycles. The monoisotopic (exact) mass is 209 g/mol. The first kappa shape index (κ1) is 11.9. The summed E-state index contributed by atoms with van der Waals surface area (Å²) >= 11 is 0.